The lowest BCUT2D eigenvalue weighted by Crippen LogP contribution is -2.49. The summed E-state index contributed by atoms with van der Waals surface area (Å²) >= 11 is 0. The minimum atomic E-state index is -0.703. The summed E-state index contributed by atoms with van der Waals surface area (Å²) in [6, 6.07) is 18.6. The molecule has 1 fully saturated rings. The van der Waals surface area contributed by atoms with Crippen LogP contribution in [0.1, 0.15) is 43.0 Å². The quantitative estimate of drug-likeness (QED) is 0.320. The molecule has 5 nitrogen and oxygen atoms in total. The fourth-order valence-corrected chi connectivity index (χ4v) is 3.75. The summed E-state index contributed by atoms with van der Waals surface area (Å²) in [7, 11) is 1.86. The van der Waals surface area contributed by atoms with Gasteiger partial charge in [-0.3, -0.25) is 14.7 Å². The highest BCUT2D eigenvalue weighted by atomic mass is 19.1. The molecular weight excluding hydrogens is 381 g/mol. The van der Waals surface area contributed by atoms with Crippen LogP contribution in [0.4, 0.5) is 4.39 Å². The van der Waals surface area contributed by atoms with Crippen LogP contribution in [0.15, 0.2) is 77.6 Å². The van der Waals surface area contributed by atoms with E-state index >= 15 is 0 Å². The van der Waals surface area contributed by atoms with Gasteiger partial charge in [-0.2, -0.15) is 0 Å². The van der Waals surface area contributed by atoms with E-state index in [0.717, 1.165) is 11.1 Å². The number of carbonyl (C=O) groups excluding carboxylic acids is 1. The van der Waals surface area contributed by atoms with Crippen LogP contribution in [0.5, 0.6) is 0 Å². The van der Waals surface area contributed by atoms with Crippen molar-refractivity contribution in [2.45, 2.75) is 38.0 Å². The molecule has 0 aromatic heterocycles. The number of hydrogen-bond donors (Lipinski definition) is 1. The second kappa shape index (κ2) is 10.2. The molecule has 2 N–H and O–H groups in total. The van der Waals surface area contributed by atoms with E-state index in [-0.39, 0.29) is 18.3 Å². The Bertz CT molecular complexity index is 895. The zero-order valence-electron chi connectivity index (χ0n) is 17.4. The molecule has 2 aromatic carbocycles. The van der Waals surface area contributed by atoms with Gasteiger partial charge in [0, 0.05) is 13.0 Å². The number of carbonyl (C=O) groups is 1. The van der Waals surface area contributed by atoms with Crippen LogP contribution < -0.4 is 5.73 Å². The summed E-state index contributed by atoms with van der Waals surface area (Å²) in [5, 5.41) is 0. The SMILES string of the molecule is CC(N)=NCCC=C(F)CC1C(=O)OC(c2ccccc2)C(c2ccccc2)N1C. The smallest absolute Gasteiger partial charge is 0.324 e. The number of benzene rings is 2. The number of aliphatic imine (C=N–C) groups is 1. The van der Waals surface area contributed by atoms with Gasteiger partial charge in [0.25, 0.3) is 0 Å². The van der Waals surface area contributed by atoms with E-state index in [1.54, 1.807) is 6.92 Å². The van der Waals surface area contributed by atoms with Crippen LogP contribution in [0.25, 0.3) is 0 Å². The third kappa shape index (κ3) is 5.33. The van der Waals surface area contributed by atoms with Gasteiger partial charge in [-0.1, -0.05) is 66.7 Å². The first-order valence-corrected chi connectivity index (χ1v) is 10.1. The molecule has 2 aromatic rings. The van der Waals surface area contributed by atoms with Crippen molar-refractivity contribution in [3.8, 4) is 0 Å². The third-order valence-corrected chi connectivity index (χ3v) is 5.25. The number of morpholine rings is 1. The molecule has 3 rings (SSSR count). The van der Waals surface area contributed by atoms with Gasteiger partial charge in [-0.15, -0.1) is 0 Å². The number of halogens is 1. The highest BCUT2D eigenvalue weighted by molar-refractivity contribution is 5.78. The molecule has 0 radical (unpaired) electrons. The Labute approximate surface area is 177 Å². The summed E-state index contributed by atoms with van der Waals surface area (Å²) in [5.74, 6) is -0.298. The van der Waals surface area contributed by atoms with Gasteiger partial charge in [0.1, 0.15) is 12.1 Å². The Morgan fingerprint density at radius 2 is 1.73 bits per heavy atom. The van der Waals surface area contributed by atoms with Crippen molar-refractivity contribution in [3.05, 3.63) is 83.7 Å². The van der Waals surface area contributed by atoms with Crippen molar-refractivity contribution in [1.29, 1.82) is 0 Å². The first-order chi connectivity index (χ1) is 14.5. The standard InChI is InChI=1S/C24H28FN3O2/c1-17(26)27-15-9-14-20(25)16-21-24(29)30-23(19-12-7-4-8-13-19)22(28(21)2)18-10-5-3-6-11-18/h3-8,10-14,21-23H,9,15-16H2,1-2H3,(H2,26,27). The molecule has 3 atom stereocenters. The van der Waals surface area contributed by atoms with Crippen molar-refractivity contribution in [2.24, 2.45) is 10.7 Å². The second-order valence-corrected chi connectivity index (χ2v) is 7.47. The maximum Gasteiger partial charge on any atom is 0.324 e. The number of nitrogens with two attached hydrogens (primary N) is 1. The number of amidine groups is 1. The number of hydrogen-bond acceptors (Lipinski definition) is 4. The molecule has 0 amide bonds. The normalized spacial score (nSPS) is 23.3. The van der Waals surface area contributed by atoms with Gasteiger partial charge in [0.05, 0.1) is 17.7 Å². The van der Waals surface area contributed by atoms with Gasteiger partial charge in [0.15, 0.2) is 0 Å². The fourth-order valence-electron chi connectivity index (χ4n) is 3.75. The van der Waals surface area contributed by atoms with E-state index in [4.69, 9.17) is 10.5 Å². The summed E-state index contributed by atoms with van der Waals surface area (Å²) in [4.78, 5) is 18.8. The number of nitrogens with zero attached hydrogens (tertiary/aromatic N) is 2. The van der Waals surface area contributed by atoms with Crippen LogP contribution in [0.3, 0.4) is 0 Å². The van der Waals surface area contributed by atoms with E-state index in [2.05, 4.69) is 4.99 Å². The largest absolute Gasteiger partial charge is 0.454 e. The maximum atomic E-state index is 14.6. The monoisotopic (exact) mass is 409 g/mol. The molecule has 0 aliphatic carbocycles. The number of rotatable bonds is 7. The van der Waals surface area contributed by atoms with E-state index < -0.39 is 18.1 Å². The Kier molecular flexibility index (Phi) is 7.36. The van der Waals surface area contributed by atoms with Crippen LogP contribution in [0.2, 0.25) is 0 Å². The van der Waals surface area contributed by atoms with Crippen molar-refractivity contribution in [2.75, 3.05) is 13.6 Å². The van der Waals surface area contributed by atoms with Crippen molar-refractivity contribution in [1.82, 2.24) is 4.90 Å². The minimum absolute atomic E-state index is 0.0362. The van der Waals surface area contributed by atoms with E-state index in [0.29, 0.717) is 18.8 Å². The average molecular weight is 410 g/mol. The molecule has 3 unspecified atom stereocenters. The van der Waals surface area contributed by atoms with Gasteiger partial charge >= 0.3 is 5.97 Å². The molecule has 6 heteroatoms. The Morgan fingerprint density at radius 1 is 1.13 bits per heavy atom. The number of likely N-dealkylation sites (N-methyl/N-ethyl adjacent to an activating group) is 1. The van der Waals surface area contributed by atoms with Gasteiger partial charge in [-0.25, -0.2) is 4.39 Å². The van der Waals surface area contributed by atoms with Crippen LogP contribution in [-0.2, 0) is 9.53 Å². The molecule has 0 saturated carbocycles. The van der Waals surface area contributed by atoms with Gasteiger partial charge < -0.3 is 10.5 Å². The lowest BCUT2D eigenvalue weighted by atomic mass is 9.91. The molecular formula is C24H28FN3O2. The summed E-state index contributed by atoms with van der Waals surface area (Å²) in [6.45, 7) is 2.11. The van der Waals surface area contributed by atoms with E-state index in [9.17, 15) is 9.18 Å². The van der Waals surface area contributed by atoms with Gasteiger partial charge in [0.2, 0.25) is 0 Å². The maximum absolute atomic E-state index is 14.6. The van der Waals surface area contributed by atoms with E-state index in [1.807, 2.05) is 72.6 Å². The molecule has 0 bridgehead atoms. The molecule has 1 saturated heterocycles. The summed E-state index contributed by atoms with van der Waals surface area (Å²) in [6.07, 6.45) is 1.40. The van der Waals surface area contributed by atoms with Crippen LogP contribution in [0, 0.1) is 0 Å². The highest BCUT2D eigenvalue weighted by Crippen LogP contribution is 2.42. The minimum Gasteiger partial charge on any atom is -0.454 e. The molecule has 1 heterocycles. The fraction of sp³-hybridized carbons (Fsp3) is 0.333. The molecule has 1 aliphatic rings. The number of ether oxygens (including phenoxy) is 1. The molecule has 158 valence electrons. The number of esters is 1. The van der Waals surface area contributed by atoms with Crippen LogP contribution >= 0.6 is 0 Å². The highest BCUT2D eigenvalue weighted by Gasteiger charge is 2.43. The molecule has 30 heavy (non-hydrogen) atoms. The predicted octanol–water partition coefficient (Wildman–Crippen LogP) is 4.34. The Balaban J connectivity index is 1.83. The first-order valence-electron chi connectivity index (χ1n) is 10.1. The summed E-state index contributed by atoms with van der Waals surface area (Å²) in [5.41, 5.74) is 7.42. The Morgan fingerprint density at radius 3 is 2.33 bits per heavy atom. The zero-order chi connectivity index (χ0) is 21.5. The number of cyclic esters (lactones) is 1. The van der Waals surface area contributed by atoms with E-state index in [1.165, 1.54) is 6.08 Å². The van der Waals surface area contributed by atoms with Gasteiger partial charge in [-0.05, 0) is 31.5 Å². The lowest BCUT2D eigenvalue weighted by Gasteiger charge is -2.43. The average Bonchev–Trinajstić information content (AvgIpc) is 2.75. The van der Waals surface area contributed by atoms with Crippen molar-refractivity contribution in [3.63, 3.8) is 0 Å². The van der Waals surface area contributed by atoms with Crippen molar-refractivity contribution >= 4 is 11.8 Å². The lowest BCUT2D eigenvalue weighted by molar-refractivity contribution is -0.173. The third-order valence-electron chi connectivity index (χ3n) is 5.25. The first kappa shape index (κ1) is 21.7. The molecule has 1 aliphatic heterocycles. The topological polar surface area (TPSA) is 67.9 Å². The summed E-state index contributed by atoms with van der Waals surface area (Å²) < 4.78 is 20.4. The zero-order valence-corrected chi connectivity index (χ0v) is 17.4. The van der Waals surface area contributed by atoms with Crippen molar-refractivity contribution < 1.29 is 13.9 Å². The van der Waals surface area contributed by atoms with Crippen LogP contribution in [-0.4, -0.2) is 36.3 Å². The second-order valence-electron chi connectivity index (χ2n) is 7.47. The predicted molar refractivity (Wildman–Crippen MR) is 117 cm³/mol. The Hall–Kier alpha value is -2.99. The molecule has 0 spiro atoms.